The molecule has 1 atom stereocenters. The molecule has 3 nitrogen and oxygen atoms in total. The van der Waals surface area contributed by atoms with Crippen molar-refractivity contribution in [3.05, 3.63) is 35.4 Å². The Labute approximate surface area is 115 Å². The lowest BCUT2D eigenvalue weighted by molar-refractivity contribution is -0.118. The predicted octanol–water partition coefficient (Wildman–Crippen LogP) is 2.06. The van der Waals surface area contributed by atoms with Crippen molar-refractivity contribution in [2.45, 2.75) is 38.3 Å². The molecule has 0 spiro atoms. The van der Waals surface area contributed by atoms with Crippen molar-refractivity contribution in [2.75, 3.05) is 19.6 Å². The second-order valence-electron chi connectivity index (χ2n) is 5.72. The molecule has 1 aromatic carbocycles. The molecule has 0 saturated carbocycles. The zero-order valence-electron chi connectivity index (χ0n) is 11.4. The Balaban J connectivity index is 1.66. The molecule has 1 saturated heterocycles. The summed E-state index contributed by atoms with van der Waals surface area (Å²) in [5, 5.41) is 0. The first-order chi connectivity index (χ1) is 9.36. The summed E-state index contributed by atoms with van der Waals surface area (Å²) < 4.78 is 0. The van der Waals surface area contributed by atoms with Crippen LogP contribution in [0.5, 0.6) is 0 Å². The molecule has 0 radical (unpaired) electrons. The van der Waals surface area contributed by atoms with Crippen LogP contribution in [0.25, 0.3) is 0 Å². The van der Waals surface area contributed by atoms with Crippen molar-refractivity contribution in [1.29, 1.82) is 0 Å². The maximum atomic E-state index is 10.9. The molecule has 19 heavy (non-hydrogen) atoms. The summed E-state index contributed by atoms with van der Waals surface area (Å²) in [6.07, 6.45) is 5.67. The second kappa shape index (κ2) is 5.74. The Morgan fingerprint density at radius 1 is 1.05 bits per heavy atom. The molecule has 3 heteroatoms. The lowest BCUT2D eigenvalue weighted by Gasteiger charge is -2.35. The quantitative estimate of drug-likeness (QED) is 0.758. The number of fused-ring (bicyclic) bond motifs is 1. The minimum Gasteiger partial charge on any atom is -0.345 e. The fourth-order valence-electron chi connectivity index (χ4n) is 3.40. The van der Waals surface area contributed by atoms with Gasteiger partial charge < -0.3 is 4.90 Å². The van der Waals surface area contributed by atoms with E-state index < -0.39 is 0 Å². The van der Waals surface area contributed by atoms with Gasteiger partial charge >= 0.3 is 0 Å². The van der Waals surface area contributed by atoms with Crippen LogP contribution in [0.4, 0.5) is 0 Å². The van der Waals surface area contributed by atoms with Crippen LogP contribution in [0.15, 0.2) is 24.3 Å². The van der Waals surface area contributed by atoms with E-state index in [4.69, 9.17) is 0 Å². The molecule has 2 aliphatic heterocycles. The molecule has 0 aromatic heterocycles. The van der Waals surface area contributed by atoms with Gasteiger partial charge in [0.1, 0.15) is 0 Å². The molecule has 1 unspecified atom stereocenters. The molecule has 1 aromatic rings. The number of rotatable bonds is 2. The molecule has 1 amide bonds. The highest BCUT2D eigenvalue weighted by Crippen LogP contribution is 2.24. The number of carbonyl (C=O) groups is 1. The molecular formula is C16H22N2O. The van der Waals surface area contributed by atoms with Gasteiger partial charge in [0.15, 0.2) is 0 Å². The third-order valence-corrected chi connectivity index (χ3v) is 4.56. The molecule has 3 rings (SSSR count). The van der Waals surface area contributed by atoms with Crippen molar-refractivity contribution < 1.29 is 4.79 Å². The number of likely N-dealkylation sites (tertiary alicyclic amines) is 1. The topological polar surface area (TPSA) is 23.6 Å². The van der Waals surface area contributed by atoms with Crippen LogP contribution in [0.2, 0.25) is 0 Å². The van der Waals surface area contributed by atoms with E-state index in [1.165, 1.54) is 30.5 Å². The van der Waals surface area contributed by atoms with Crippen LogP contribution in [0, 0.1) is 0 Å². The Morgan fingerprint density at radius 3 is 2.74 bits per heavy atom. The summed E-state index contributed by atoms with van der Waals surface area (Å²) >= 11 is 0. The number of amides is 1. The Morgan fingerprint density at radius 2 is 1.89 bits per heavy atom. The van der Waals surface area contributed by atoms with Gasteiger partial charge in [-0.15, -0.1) is 0 Å². The van der Waals surface area contributed by atoms with E-state index in [0.29, 0.717) is 6.04 Å². The van der Waals surface area contributed by atoms with Crippen LogP contribution < -0.4 is 0 Å². The second-order valence-corrected chi connectivity index (χ2v) is 5.72. The highest BCUT2D eigenvalue weighted by molar-refractivity contribution is 5.46. The van der Waals surface area contributed by atoms with E-state index in [1.54, 1.807) is 0 Å². The van der Waals surface area contributed by atoms with Gasteiger partial charge in [-0.25, -0.2) is 0 Å². The first-order valence-electron chi connectivity index (χ1n) is 7.37. The standard InChI is InChI=1S/C16H22N2O/c19-13-17-9-3-6-16(8-10-17)18-11-7-14-4-1-2-5-15(14)12-18/h1-2,4-5,13,16H,3,6-12H2. The van der Waals surface area contributed by atoms with Crippen LogP contribution in [0.1, 0.15) is 30.4 Å². The fraction of sp³-hybridized carbons (Fsp3) is 0.562. The molecule has 102 valence electrons. The van der Waals surface area contributed by atoms with Crippen molar-refractivity contribution >= 4 is 6.41 Å². The third-order valence-electron chi connectivity index (χ3n) is 4.56. The smallest absolute Gasteiger partial charge is 0.209 e. The Kier molecular flexibility index (Phi) is 3.83. The van der Waals surface area contributed by atoms with Crippen LogP contribution in [0.3, 0.4) is 0 Å². The first kappa shape index (κ1) is 12.7. The van der Waals surface area contributed by atoms with Gasteiger partial charge in [-0.05, 0) is 36.8 Å². The fourth-order valence-corrected chi connectivity index (χ4v) is 3.40. The molecule has 2 heterocycles. The summed E-state index contributed by atoms with van der Waals surface area (Å²) in [6.45, 7) is 4.11. The number of nitrogens with zero attached hydrogens (tertiary/aromatic N) is 2. The van der Waals surface area contributed by atoms with Gasteiger partial charge in [-0.2, -0.15) is 0 Å². The van der Waals surface area contributed by atoms with Crippen molar-refractivity contribution in [2.24, 2.45) is 0 Å². The summed E-state index contributed by atoms with van der Waals surface area (Å²) in [4.78, 5) is 15.4. The zero-order valence-corrected chi connectivity index (χ0v) is 11.4. The van der Waals surface area contributed by atoms with E-state index >= 15 is 0 Å². The minimum absolute atomic E-state index is 0.651. The van der Waals surface area contributed by atoms with Crippen LogP contribution in [-0.4, -0.2) is 41.9 Å². The van der Waals surface area contributed by atoms with E-state index in [-0.39, 0.29) is 0 Å². The van der Waals surface area contributed by atoms with Crippen LogP contribution >= 0.6 is 0 Å². The number of benzene rings is 1. The van der Waals surface area contributed by atoms with Gasteiger partial charge in [0.2, 0.25) is 6.41 Å². The molecule has 0 N–H and O–H groups in total. The number of hydrogen-bond acceptors (Lipinski definition) is 2. The lowest BCUT2D eigenvalue weighted by atomic mass is 9.97. The van der Waals surface area contributed by atoms with Gasteiger partial charge in [0.05, 0.1) is 0 Å². The molecule has 2 aliphatic rings. The maximum Gasteiger partial charge on any atom is 0.209 e. The minimum atomic E-state index is 0.651. The monoisotopic (exact) mass is 258 g/mol. The van der Waals surface area contributed by atoms with Crippen molar-refractivity contribution in [1.82, 2.24) is 9.80 Å². The highest BCUT2D eigenvalue weighted by Gasteiger charge is 2.25. The lowest BCUT2D eigenvalue weighted by Crippen LogP contribution is -2.39. The van der Waals surface area contributed by atoms with Gasteiger partial charge in [0.25, 0.3) is 0 Å². The average Bonchev–Trinajstić information content (AvgIpc) is 2.72. The first-order valence-corrected chi connectivity index (χ1v) is 7.37. The number of carbonyl (C=O) groups excluding carboxylic acids is 1. The Bertz CT molecular complexity index is 446. The Hall–Kier alpha value is -1.35. The largest absolute Gasteiger partial charge is 0.345 e. The predicted molar refractivity (Wildman–Crippen MR) is 75.8 cm³/mol. The molecule has 0 bridgehead atoms. The van der Waals surface area contributed by atoms with Crippen LogP contribution in [-0.2, 0) is 17.8 Å². The van der Waals surface area contributed by atoms with Crippen molar-refractivity contribution in [3.8, 4) is 0 Å². The van der Waals surface area contributed by atoms with Gasteiger partial charge in [-0.3, -0.25) is 9.69 Å². The molecular weight excluding hydrogens is 236 g/mol. The summed E-state index contributed by atoms with van der Waals surface area (Å²) in [5.41, 5.74) is 3.01. The van der Waals surface area contributed by atoms with E-state index in [1.807, 2.05) is 4.90 Å². The summed E-state index contributed by atoms with van der Waals surface area (Å²) in [6, 6.07) is 9.45. The third kappa shape index (κ3) is 2.81. The van der Waals surface area contributed by atoms with E-state index in [0.717, 1.165) is 38.9 Å². The van der Waals surface area contributed by atoms with Crippen molar-refractivity contribution in [3.63, 3.8) is 0 Å². The SMILES string of the molecule is O=CN1CCCC(N2CCc3ccccc3C2)CC1. The number of hydrogen-bond donors (Lipinski definition) is 0. The average molecular weight is 258 g/mol. The molecule has 0 aliphatic carbocycles. The van der Waals surface area contributed by atoms with E-state index in [9.17, 15) is 4.79 Å². The summed E-state index contributed by atoms with van der Waals surface area (Å²) in [5.74, 6) is 0. The van der Waals surface area contributed by atoms with Gasteiger partial charge in [-0.1, -0.05) is 24.3 Å². The van der Waals surface area contributed by atoms with E-state index in [2.05, 4.69) is 29.2 Å². The maximum absolute atomic E-state index is 10.9. The highest BCUT2D eigenvalue weighted by atomic mass is 16.1. The van der Waals surface area contributed by atoms with Gasteiger partial charge in [0, 0.05) is 32.2 Å². The molecule has 1 fully saturated rings. The zero-order chi connectivity index (χ0) is 13.1. The summed E-state index contributed by atoms with van der Waals surface area (Å²) in [7, 11) is 0. The normalized spacial score (nSPS) is 24.6.